The quantitative estimate of drug-likeness (QED) is 0.862. The van der Waals surface area contributed by atoms with E-state index in [-0.39, 0.29) is 5.92 Å². The number of hydrogen-bond donors (Lipinski definition) is 1. The second-order valence-corrected chi connectivity index (χ2v) is 6.14. The molecule has 2 atom stereocenters. The standard InChI is InChI=1S/C17H24N2O3/c20-15(16-7-4-12-22-16)13-18-8-10-19(11-9-18)17(21)14-5-2-1-3-6-14/h1-2,4,7,12,14-15,20H,3,5-6,8-11,13H2/t14-,15-/m1/s1. The van der Waals surface area contributed by atoms with Crippen LogP contribution in [0.5, 0.6) is 0 Å². The molecule has 5 heteroatoms. The largest absolute Gasteiger partial charge is 0.467 e. The summed E-state index contributed by atoms with van der Waals surface area (Å²) in [5, 5.41) is 10.1. The predicted molar refractivity (Wildman–Crippen MR) is 83.2 cm³/mol. The van der Waals surface area contributed by atoms with Gasteiger partial charge in [0.15, 0.2) is 0 Å². The summed E-state index contributed by atoms with van der Waals surface area (Å²) in [7, 11) is 0. The molecule has 0 saturated carbocycles. The fraction of sp³-hybridized carbons (Fsp3) is 0.588. The molecular weight excluding hydrogens is 280 g/mol. The summed E-state index contributed by atoms with van der Waals surface area (Å²) in [6, 6.07) is 3.58. The lowest BCUT2D eigenvalue weighted by atomic mass is 9.93. The van der Waals surface area contributed by atoms with Crippen LogP contribution in [0.3, 0.4) is 0 Å². The molecule has 1 fully saturated rings. The lowest BCUT2D eigenvalue weighted by molar-refractivity contribution is -0.137. The maximum atomic E-state index is 12.5. The van der Waals surface area contributed by atoms with Crippen LogP contribution >= 0.6 is 0 Å². The van der Waals surface area contributed by atoms with Crippen LogP contribution in [0, 0.1) is 5.92 Å². The molecule has 5 nitrogen and oxygen atoms in total. The summed E-state index contributed by atoms with van der Waals surface area (Å²) in [4.78, 5) is 16.7. The van der Waals surface area contributed by atoms with E-state index in [1.807, 2.05) is 4.90 Å². The minimum Gasteiger partial charge on any atom is -0.467 e. The van der Waals surface area contributed by atoms with Gasteiger partial charge in [-0.3, -0.25) is 9.69 Å². The van der Waals surface area contributed by atoms with Crippen molar-refractivity contribution in [2.75, 3.05) is 32.7 Å². The summed E-state index contributed by atoms with van der Waals surface area (Å²) in [6.07, 6.45) is 8.16. The number of furan rings is 1. The Bertz CT molecular complexity index is 504. The highest BCUT2D eigenvalue weighted by molar-refractivity contribution is 5.79. The van der Waals surface area contributed by atoms with Gasteiger partial charge in [-0.2, -0.15) is 0 Å². The summed E-state index contributed by atoms with van der Waals surface area (Å²) >= 11 is 0. The van der Waals surface area contributed by atoms with Crippen molar-refractivity contribution < 1.29 is 14.3 Å². The van der Waals surface area contributed by atoms with Gasteiger partial charge in [-0.1, -0.05) is 12.2 Å². The molecule has 1 aliphatic heterocycles. The SMILES string of the molecule is O=C([C@@H]1CC=CCC1)N1CCN(C[C@@H](O)c2ccco2)CC1. The topological polar surface area (TPSA) is 56.9 Å². The molecule has 1 N–H and O–H groups in total. The number of aliphatic hydroxyl groups is 1. The molecule has 0 unspecified atom stereocenters. The van der Waals surface area contributed by atoms with Crippen molar-refractivity contribution in [3.8, 4) is 0 Å². The van der Waals surface area contributed by atoms with Crippen LogP contribution in [-0.4, -0.2) is 53.5 Å². The van der Waals surface area contributed by atoms with Crippen molar-refractivity contribution in [2.24, 2.45) is 5.92 Å². The Morgan fingerprint density at radius 2 is 2.14 bits per heavy atom. The summed E-state index contributed by atoms with van der Waals surface area (Å²) < 4.78 is 5.23. The molecule has 3 rings (SSSR count). The monoisotopic (exact) mass is 304 g/mol. The number of nitrogens with zero attached hydrogens (tertiary/aromatic N) is 2. The Morgan fingerprint density at radius 3 is 2.77 bits per heavy atom. The molecule has 2 aliphatic rings. The first-order chi connectivity index (χ1) is 10.7. The molecule has 1 aromatic rings. The van der Waals surface area contributed by atoms with E-state index in [2.05, 4.69) is 17.1 Å². The lowest BCUT2D eigenvalue weighted by Crippen LogP contribution is -2.51. The van der Waals surface area contributed by atoms with Gasteiger partial charge in [-0.15, -0.1) is 0 Å². The van der Waals surface area contributed by atoms with Gasteiger partial charge < -0.3 is 14.4 Å². The van der Waals surface area contributed by atoms with Crippen LogP contribution in [0.2, 0.25) is 0 Å². The van der Waals surface area contributed by atoms with Crippen molar-refractivity contribution in [1.29, 1.82) is 0 Å². The molecule has 1 saturated heterocycles. The van der Waals surface area contributed by atoms with E-state index in [9.17, 15) is 9.90 Å². The Morgan fingerprint density at radius 1 is 1.32 bits per heavy atom. The summed E-state index contributed by atoms with van der Waals surface area (Å²) in [5.74, 6) is 1.08. The van der Waals surface area contributed by atoms with Crippen LogP contribution in [0.4, 0.5) is 0 Å². The Labute approximate surface area is 131 Å². The zero-order valence-corrected chi connectivity index (χ0v) is 12.9. The van der Waals surface area contributed by atoms with Crippen molar-refractivity contribution >= 4 is 5.91 Å². The summed E-state index contributed by atoms with van der Waals surface area (Å²) in [6.45, 7) is 3.69. The molecule has 2 heterocycles. The number of allylic oxidation sites excluding steroid dienone is 2. The van der Waals surface area contributed by atoms with E-state index in [1.54, 1.807) is 18.4 Å². The van der Waals surface area contributed by atoms with Gasteiger partial charge in [-0.25, -0.2) is 0 Å². The zero-order valence-electron chi connectivity index (χ0n) is 12.9. The van der Waals surface area contributed by atoms with Crippen LogP contribution in [0.1, 0.15) is 31.1 Å². The number of piperazine rings is 1. The van der Waals surface area contributed by atoms with Gasteiger partial charge in [0.2, 0.25) is 5.91 Å². The summed E-state index contributed by atoms with van der Waals surface area (Å²) in [5.41, 5.74) is 0. The number of hydrogen-bond acceptors (Lipinski definition) is 4. The average Bonchev–Trinajstić information content (AvgIpc) is 3.10. The van der Waals surface area contributed by atoms with Crippen LogP contribution in [0.25, 0.3) is 0 Å². The highest BCUT2D eigenvalue weighted by Crippen LogP contribution is 2.22. The van der Waals surface area contributed by atoms with Gasteiger partial charge in [0.05, 0.1) is 6.26 Å². The number of aliphatic hydroxyl groups excluding tert-OH is 1. The number of β-amino-alcohol motifs (C(OH)–C–C–N with tert-alkyl or cyclic N) is 1. The van der Waals surface area contributed by atoms with E-state index in [0.717, 1.165) is 45.4 Å². The smallest absolute Gasteiger partial charge is 0.226 e. The molecule has 120 valence electrons. The molecule has 0 radical (unpaired) electrons. The first-order valence-corrected chi connectivity index (χ1v) is 8.11. The number of carbonyl (C=O) groups excluding carboxylic acids is 1. The number of carbonyl (C=O) groups is 1. The van der Waals surface area contributed by atoms with Crippen LogP contribution < -0.4 is 0 Å². The predicted octanol–water partition coefficient (Wildman–Crippen LogP) is 1.81. The van der Waals surface area contributed by atoms with Gasteiger partial charge in [0.25, 0.3) is 0 Å². The van der Waals surface area contributed by atoms with E-state index in [0.29, 0.717) is 18.2 Å². The van der Waals surface area contributed by atoms with Gasteiger partial charge in [0, 0.05) is 38.6 Å². The molecule has 0 bridgehead atoms. The Kier molecular flexibility index (Phi) is 4.95. The minimum atomic E-state index is -0.597. The van der Waals surface area contributed by atoms with Crippen LogP contribution in [0.15, 0.2) is 35.0 Å². The molecule has 1 aromatic heterocycles. The van der Waals surface area contributed by atoms with E-state index in [4.69, 9.17) is 4.42 Å². The molecule has 0 aromatic carbocycles. The van der Waals surface area contributed by atoms with E-state index in [1.165, 1.54) is 0 Å². The Balaban J connectivity index is 1.46. The molecular formula is C17H24N2O3. The van der Waals surface area contributed by atoms with Gasteiger partial charge in [0.1, 0.15) is 11.9 Å². The molecule has 22 heavy (non-hydrogen) atoms. The highest BCUT2D eigenvalue weighted by Gasteiger charge is 2.28. The van der Waals surface area contributed by atoms with Crippen molar-refractivity contribution in [3.05, 3.63) is 36.3 Å². The highest BCUT2D eigenvalue weighted by atomic mass is 16.4. The maximum absolute atomic E-state index is 12.5. The first kappa shape index (κ1) is 15.3. The third-order valence-corrected chi connectivity index (χ3v) is 4.61. The first-order valence-electron chi connectivity index (χ1n) is 8.11. The van der Waals surface area contributed by atoms with Crippen molar-refractivity contribution in [1.82, 2.24) is 9.80 Å². The van der Waals surface area contributed by atoms with Gasteiger partial charge in [-0.05, 0) is 31.4 Å². The third kappa shape index (κ3) is 3.59. The molecule has 1 amide bonds. The van der Waals surface area contributed by atoms with Gasteiger partial charge >= 0.3 is 0 Å². The fourth-order valence-corrected chi connectivity index (χ4v) is 3.24. The average molecular weight is 304 g/mol. The lowest BCUT2D eigenvalue weighted by Gasteiger charge is -2.37. The van der Waals surface area contributed by atoms with Crippen molar-refractivity contribution in [2.45, 2.75) is 25.4 Å². The van der Waals surface area contributed by atoms with Crippen LogP contribution in [-0.2, 0) is 4.79 Å². The normalized spacial score (nSPS) is 24.4. The molecule has 0 spiro atoms. The fourth-order valence-electron chi connectivity index (χ4n) is 3.24. The second-order valence-electron chi connectivity index (χ2n) is 6.14. The van der Waals surface area contributed by atoms with Crippen molar-refractivity contribution in [3.63, 3.8) is 0 Å². The second kappa shape index (κ2) is 7.11. The number of rotatable bonds is 4. The third-order valence-electron chi connectivity index (χ3n) is 4.61. The Hall–Kier alpha value is -1.59. The maximum Gasteiger partial charge on any atom is 0.226 e. The molecule has 1 aliphatic carbocycles. The minimum absolute atomic E-state index is 0.172. The van der Waals surface area contributed by atoms with E-state index < -0.39 is 6.10 Å². The number of amides is 1. The van der Waals surface area contributed by atoms with E-state index >= 15 is 0 Å². The zero-order chi connectivity index (χ0) is 15.4.